The normalized spacial score (nSPS) is 28.9. The fourth-order valence-corrected chi connectivity index (χ4v) is 2.08. The maximum Gasteiger partial charge on any atom is 0.160 e. The van der Waals surface area contributed by atoms with Gasteiger partial charge in [0.25, 0.3) is 0 Å². The van der Waals surface area contributed by atoms with Crippen molar-refractivity contribution in [2.24, 2.45) is 5.92 Å². The first-order chi connectivity index (χ1) is 7.74. The van der Waals surface area contributed by atoms with Crippen molar-refractivity contribution in [1.82, 2.24) is 9.78 Å². The molecule has 0 spiro atoms. The SMILES string of the molecule is Cc1nn(C2CC2)cc1OC[C@H]1CC[C@@H]1O. The number of hydrogen-bond acceptors (Lipinski definition) is 3. The fraction of sp³-hybridized carbons (Fsp3) is 0.750. The Kier molecular flexibility index (Phi) is 2.39. The van der Waals surface area contributed by atoms with Crippen LogP contribution in [0.25, 0.3) is 0 Å². The number of aromatic nitrogens is 2. The van der Waals surface area contributed by atoms with Crippen molar-refractivity contribution in [3.8, 4) is 5.75 Å². The van der Waals surface area contributed by atoms with Gasteiger partial charge in [-0.3, -0.25) is 4.68 Å². The third kappa shape index (κ3) is 1.82. The van der Waals surface area contributed by atoms with E-state index in [2.05, 4.69) is 5.10 Å². The lowest BCUT2D eigenvalue weighted by molar-refractivity contribution is -0.00146. The molecule has 1 heterocycles. The van der Waals surface area contributed by atoms with Gasteiger partial charge < -0.3 is 9.84 Å². The number of aliphatic hydroxyl groups is 1. The molecule has 88 valence electrons. The third-order valence-corrected chi connectivity index (χ3v) is 3.62. The Bertz CT molecular complexity index is 384. The summed E-state index contributed by atoms with van der Waals surface area (Å²) in [4.78, 5) is 0. The molecule has 1 aromatic rings. The standard InChI is InChI=1S/C12H18N2O2/c1-8-12(6-14(13-8)10-3-4-10)16-7-9-2-5-11(9)15/h6,9-11,15H,2-5,7H2,1H3/t9-,11+/m1/s1. The zero-order valence-electron chi connectivity index (χ0n) is 9.59. The number of hydrogen-bond donors (Lipinski definition) is 1. The van der Waals surface area contributed by atoms with Gasteiger partial charge in [0.2, 0.25) is 0 Å². The van der Waals surface area contributed by atoms with E-state index in [9.17, 15) is 5.11 Å². The van der Waals surface area contributed by atoms with E-state index in [1.807, 2.05) is 17.8 Å². The van der Waals surface area contributed by atoms with E-state index in [0.29, 0.717) is 18.6 Å². The minimum atomic E-state index is -0.154. The number of aliphatic hydroxyl groups excluding tert-OH is 1. The smallest absolute Gasteiger partial charge is 0.160 e. The summed E-state index contributed by atoms with van der Waals surface area (Å²) in [7, 11) is 0. The summed E-state index contributed by atoms with van der Waals surface area (Å²) in [6.45, 7) is 2.60. The molecule has 2 aliphatic rings. The maximum absolute atomic E-state index is 9.46. The molecule has 0 radical (unpaired) electrons. The zero-order chi connectivity index (χ0) is 11.1. The van der Waals surface area contributed by atoms with Gasteiger partial charge in [0.1, 0.15) is 5.69 Å². The van der Waals surface area contributed by atoms with Gasteiger partial charge >= 0.3 is 0 Å². The highest BCUT2D eigenvalue weighted by Crippen LogP contribution is 2.36. The lowest BCUT2D eigenvalue weighted by Crippen LogP contribution is -2.35. The molecule has 2 atom stereocenters. The molecule has 16 heavy (non-hydrogen) atoms. The predicted molar refractivity (Wildman–Crippen MR) is 59.5 cm³/mol. The van der Waals surface area contributed by atoms with Gasteiger partial charge in [0.05, 0.1) is 24.9 Å². The van der Waals surface area contributed by atoms with Crippen molar-refractivity contribution in [3.63, 3.8) is 0 Å². The van der Waals surface area contributed by atoms with Crippen molar-refractivity contribution in [1.29, 1.82) is 0 Å². The molecule has 1 aromatic heterocycles. The van der Waals surface area contributed by atoms with Gasteiger partial charge in [-0.15, -0.1) is 0 Å². The molecule has 2 fully saturated rings. The van der Waals surface area contributed by atoms with Gasteiger partial charge in [-0.1, -0.05) is 0 Å². The summed E-state index contributed by atoms with van der Waals surface area (Å²) in [6.07, 6.45) is 6.33. The predicted octanol–water partition coefficient (Wildman–Crippen LogP) is 1.68. The van der Waals surface area contributed by atoms with Crippen LogP contribution in [0.1, 0.15) is 37.4 Å². The first-order valence-electron chi connectivity index (χ1n) is 6.10. The molecule has 0 bridgehead atoms. The molecular formula is C12H18N2O2. The molecule has 4 nitrogen and oxygen atoms in total. The Balaban J connectivity index is 1.60. The number of nitrogens with zero attached hydrogens (tertiary/aromatic N) is 2. The van der Waals surface area contributed by atoms with Gasteiger partial charge in [-0.05, 0) is 32.6 Å². The zero-order valence-corrected chi connectivity index (χ0v) is 9.59. The van der Waals surface area contributed by atoms with E-state index in [1.165, 1.54) is 12.8 Å². The monoisotopic (exact) mass is 222 g/mol. The average molecular weight is 222 g/mol. The van der Waals surface area contributed by atoms with Crippen LogP contribution < -0.4 is 4.74 Å². The Morgan fingerprint density at radius 2 is 2.25 bits per heavy atom. The van der Waals surface area contributed by atoms with Crippen LogP contribution in [0.5, 0.6) is 5.75 Å². The highest BCUT2D eigenvalue weighted by Gasteiger charge is 2.30. The van der Waals surface area contributed by atoms with Crippen molar-refractivity contribution in [2.75, 3.05) is 6.61 Å². The topological polar surface area (TPSA) is 47.3 Å². The van der Waals surface area contributed by atoms with E-state index in [0.717, 1.165) is 24.3 Å². The van der Waals surface area contributed by atoms with Crippen LogP contribution in [-0.4, -0.2) is 27.6 Å². The minimum Gasteiger partial charge on any atom is -0.490 e. The van der Waals surface area contributed by atoms with Crippen LogP contribution >= 0.6 is 0 Å². The Morgan fingerprint density at radius 3 is 2.81 bits per heavy atom. The van der Waals surface area contributed by atoms with Crippen LogP contribution in [0.4, 0.5) is 0 Å². The molecule has 4 heteroatoms. The van der Waals surface area contributed by atoms with Crippen molar-refractivity contribution in [3.05, 3.63) is 11.9 Å². The first kappa shape index (κ1) is 10.1. The quantitative estimate of drug-likeness (QED) is 0.843. The second kappa shape index (κ2) is 3.77. The summed E-state index contributed by atoms with van der Waals surface area (Å²) < 4.78 is 7.74. The summed E-state index contributed by atoms with van der Waals surface area (Å²) in [5.41, 5.74) is 0.959. The highest BCUT2D eigenvalue weighted by molar-refractivity contribution is 5.23. The summed E-state index contributed by atoms with van der Waals surface area (Å²) in [5, 5.41) is 13.9. The van der Waals surface area contributed by atoms with Crippen LogP contribution in [0.15, 0.2) is 6.20 Å². The summed E-state index contributed by atoms with van der Waals surface area (Å²) >= 11 is 0. The third-order valence-electron chi connectivity index (χ3n) is 3.62. The van der Waals surface area contributed by atoms with E-state index in [1.54, 1.807) is 0 Å². The van der Waals surface area contributed by atoms with Gasteiger partial charge in [-0.2, -0.15) is 5.10 Å². The molecule has 0 saturated heterocycles. The van der Waals surface area contributed by atoms with E-state index < -0.39 is 0 Å². The largest absolute Gasteiger partial charge is 0.490 e. The molecule has 0 unspecified atom stereocenters. The van der Waals surface area contributed by atoms with E-state index >= 15 is 0 Å². The lowest BCUT2D eigenvalue weighted by atomic mass is 9.83. The van der Waals surface area contributed by atoms with Crippen LogP contribution in [-0.2, 0) is 0 Å². The Morgan fingerprint density at radius 1 is 1.44 bits per heavy atom. The molecule has 2 saturated carbocycles. The first-order valence-corrected chi connectivity index (χ1v) is 6.10. The van der Waals surface area contributed by atoms with Crippen LogP contribution in [0.2, 0.25) is 0 Å². The molecule has 0 aliphatic heterocycles. The number of aryl methyl sites for hydroxylation is 1. The lowest BCUT2D eigenvalue weighted by Gasteiger charge is -2.31. The second-order valence-corrected chi connectivity index (χ2v) is 5.01. The van der Waals surface area contributed by atoms with Gasteiger partial charge in [0, 0.05) is 5.92 Å². The second-order valence-electron chi connectivity index (χ2n) is 5.01. The number of rotatable bonds is 4. The molecule has 0 amide bonds. The van der Waals surface area contributed by atoms with Crippen LogP contribution in [0, 0.1) is 12.8 Å². The van der Waals surface area contributed by atoms with Crippen molar-refractivity contribution >= 4 is 0 Å². The van der Waals surface area contributed by atoms with Crippen molar-refractivity contribution < 1.29 is 9.84 Å². The van der Waals surface area contributed by atoms with Crippen molar-refractivity contribution in [2.45, 2.75) is 44.8 Å². The van der Waals surface area contributed by atoms with Gasteiger partial charge in [0.15, 0.2) is 5.75 Å². The molecule has 2 aliphatic carbocycles. The molecular weight excluding hydrogens is 204 g/mol. The molecule has 1 N–H and O–H groups in total. The Labute approximate surface area is 95.2 Å². The highest BCUT2D eigenvalue weighted by atomic mass is 16.5. The fourth-order valence-electron chi connectivity index (χ4n) is 2.08. The average Bonchev–Trinajstić information content (AvgIpc) is 3.03. The molecule has 0 aromatic carbocycles. The molecule has 3 rings (SSSR count). The van der Waals surface area contributed by atoms with Gasteiger partial charge in [-0.25, -0.2) is 0 Å². The maximum atomic E-state index is 9.46. The summed E-state index contributed by atoms with van der Waals surface area (Å²) in [6, 6.07) is 0.602. The van der Waals surface area contributed by atoms with E-state index in [4.69, 9.17) is 4.74 Å². The minimum absolute atomic E-state index is 0.154. The van der Waals surface area contributed by atoms with Crippen LogP contribution in [0.3, 0.4) is 0 Å². The van der Waals surface area contributed by atoms with E-state index in [-0.39, 0.29) is 6.10 Å². The Hall–Kier alpha value is -1.03. The number of ether oxygens (including phenoxy) is 1. The summed E-state index contributed by atoms with van der Waals surface area (Å²) in [5.74, 6) is 1.20.